The van der Waals surface area contributed by atoms with E-state index in [0.717, 1.165) is 6.07 Å². The molecule has 10 heteroatoms. The number of rotatable bonds is 6. The highest BCUT2D eigenvalue weighted by Gasteiger charge is 2.34. The number of aromatic nitrogens is 2. The zero-order chi connectivity index (χ0) is 19.5. The molecule has 0 aliphatic carbocycles. The lowest BCUT2D eigenvalue weighted by atomic mass is 10.1. The summed E-state index contributed by atoms with van der Waals surface area (Å²) in [5.41, 5.74) is -1.07. The number of nitrogens with one attached hydrogen (secondary N) is 2. The maximum Gasteiger partial charge on any atom is 0.433 e. The Morgan fingerprint density at radius 2 is 1.88 bits per heavy atom. The van der Waals surface area contributed by atoms with E-state index >= 15 is 0 Å². The van der Waals surface area contributed by atoms with Gasteiger partial charge in [-0.3, -0.25) is 0 Å². The van der Waals surface area contributed by atoms with Crippen LogP contribution >= 0.6 is 11.6 Å². The molecular formula is C16H18ClF3N4O2. The van der Waals surface area contributed by atoms with Crippen molar-refractivity contribution in [3.63, 3.8) is 0 Å². The summed E-state index contributed by atoms with van der Waals surface area (Å²) in [6, 6.07) is 4.28. The average Bonchev–Trinajstić information content (AvgIpc) is 2.54. The van der Waals surface area contributed by atoms with Crippen LogP contribution in [0.4, 0.5) is 30.6 Å². The monoisotopic (exact) mass is 390 g/mol. The molecule has 2 aromatic rings. The Balaban J connectivity index is 2.41. The molecule has 0 fully saturated rings. The number of aliphatic hydroxyl groups excluding tert-OH is 1. The van der Waals surface area contributed by atoms with Crippen molar-refractivity contribution in [3.05, 3.63) is 35.0 Å². The van der Waals surface area contributed by atoms with Crippen LogP contribution in [0, 0.1) is 5.92 Å². The summed E-state index contributed by atoms with van der Waals surface area (Å²) in [7, 11) is 0. The van der Waals surface area contributed by atoms with E-state index in [-0.39, 0.29) is 40.8 Å². The highest BCUT2D eigenvalue weighted by molar-refractivity contribution is 6.30. The minimum absolute atomic E-state index is 0.0634. The van der Waals surface area contributed by atoms with Gasteiger partial charge < -0.3 is 20.8 Å². The maximum absolute atomic E-state index is 13.1. The topological polar surface area (TPSA) is 90.3 Å². The summed E-state index contributed by atoms with van der Waals surface area (Å²) < 4.78 is 39.4. The Morgan fingerprint density at radius 1 is 1.19 bits per heavy atom. The molecule has 0 aliphatic rings. The number of nitrogens with zero attached hydrogens (tertiary/aromatic N) is 2. The van der Waals surface area contributed by atoms with Crippen LogP contribution in [0.2, 0.25) is 5.02 Å². The molecule has 0 saturated heterocycles. The SMILES string of the molecule is CC(C)[C@H](CO)Nc1nc(Nc2cc(Cl)ccc2O)cc(C(F)(F)F)n1. The Morgan fingerprint density at radius 3 is 2.46 bits per heavy atom. The van der Waals surface area contributed by atoms with E-state index in [2.05, 4.69) is 20.6 Å². The van der Waals surface area contributed by atoms with Crippen molar-refractivity contribution >= 4 is 29.1 Å². The van der Waals surface area contributed by atoms with E-state index in [9.17, 15) is 23.4 Å². The average molecular weight is 391 g/mol. The molecular weight excluding hydrogens is 373 g/mol. The number of hydrogen-bond acceptors (Lipinski definition) is 6. The predicted molar refractivity (Wildman–Crippen MR) is 92.8 cm³/mol. The second-order valence-corrected chi connectivity index (χ2v) is 6.36. The lowest BCUT2D eigenvalue weighted by Gasteiger charge is -2.21. The van der Waals surface area contributed by atoms with Gasteiger partial charge in [0.1, 0.15) is 11.6 Å². The van der Waals surface area contributed by atoms with Gasteiger partial charge >= 0.3 is 6.18 Å². The molecule has 1 atom stereocenters. The van der Waals surface area contributed by atoms with Gasteiger partial charge in [-0.2, -0.15) is 18.2 Å². The molecule has 1 heterocycles. The smallest absolute Gasteiger partial charge is 0.433 e. The standard InChI is InChI=1S/C16H18ClF3N4O2/c1-8(2)11(7-25)22-15-23-13(16(18,19)20)6-14(24-15)21-10-5-9(17)3-4-12(10)26/h3-6,8,11,25-26H,7H2,1-2H3,(H2,21,22,23,24)/t11-/m0/s1. The first-order chi connectivity index (χ1) is 12.1. The molecule has 1 aromatic carbocycles. The molecule has 0 unspecified atom stereocenters. The highest BCUT2D eigenvalue weighted by Crippen LogP contribution is 2.33. The lowest BCUT2D eigenvalue weighted by Crippen LogP contribution is -2.30. The van der Waals surface area contributed by atoms with E-state index in [0.29, 0.717) is 0 Å². The van der Waals surface area contributed by atoms with Crippen LogP contribution in [0.15, 0.2) is 24.3 Å². The van der Waals surface area contributed by atoms with Crippen LogP contribution in [0.1, 0.15) is 19.5 Å². The number of halogens is 4. The minimum atomic E-state index is -4.70. The van der Waals surface area contributed by atoms with E-state index < -0.39 is 17.9 Å². The first kappa shape index (κ1) is 20.1. The van der Waals surface area contributed by atoms with Crippen LogP contribution in [0.5, 0.6) is 5.75 Å². The van der Waals surface area contributed by atoms with Crippen LogP contribution in [-0.2, 0) is 6.18 Å². The Bertz CT molecular complexity index is 772. The third-order valence-corrected chi connectivity index (χ3v) is 3.79. The lowest BCUT2D eigenvalue weighted by molar-refractivity contribution is -0.141. The zero-order valence-electron chi connectivity index (χ0n) is 14.0. The van der Waals surface area contributed by atoms with E-state index in [4.69, 9.17) is 11.6 Å². The van der Waals surface area contributed by atoms with E-state index in [1.165, 1.54) is 18.2 Å². The number of phenols is 1. The minimum Gasteiger partial charge on any atom is -0.506 e. The third-order valence-electron chi connectivity index (χ3n) is 3.55. The first-order valence-electron chi connectivity index (χ1n) is 7.69. The van der Waals surface area contributed by atoms with Crippen molar-refractivity contribution < 1.29 is 23.4 Å². The number of benzene rings is 1. The summed E-state index contributed by atoms with van der Waals surface area (Å²) in [6.45, 7) is 3.30. The number of phenolic OH excluding ortho intramolecular Hbond substituents is 1. The van der Waals surface area contributed by atoms with E-state index in [1.54, 1.807) is 13.8 Å². The van der Waals surface area contributed by atoms with Crippen molar-refractivity contribution in [2.75, 3.05) is 17.2 Å². The van der Waals surface area contributed by atoms with Gasteiger partial charge in [0.2, 0.25) is 5.95 Å². The van der Waals surface area contributed by atoms with Gasteiger partial charge in [-0.1, -0.05) is 25.4 Å². The molecule has 0 saturated carbocycles. The third kappa shape index (κ3) is 5.12. The molecule has 2 rings (SSSR count). The fourth-order valence-corrected chi connectivity index (χ4v) is 2.23. The van der Waals surface area contributed by atoms with Crippen LogP contribution in [0.25, 0.3) is 0 Å². The summed E-state index contributed by atoms with van der Waals surface area (Å²) in [5, 5.41) is 24.7. The highest BCUT2D eigenvalue weighted by atomic mass is 35.5. The second kappa shape index (κ2) is 7.96. The second-order valence-electron chi connectivity index (χ2n) is 5.92. The first-order valence-corrected chi connectivity index (χ1v) is 8.07. The van der Waals surface area contributed by atoms with Crippen molar-refractivity contribution in [1.82, 2.24) is 9.97 Å². The summed E-state index contributed by atoms with van der Waals surface area (Å²) >= 11 is 5.84. The summed E-state index contributed by atoms with van der Waals surface area (Å²) in [5.74, 6) is -0.748. The number of alkyl halides is 3. The molecule has 0 amide bonds. The van der Waals surface area contributed by atoms with Crippen LogP contribution < -0.4 is 10.6 Å². The quantitative estimate of drug-likeness (QED) is 0.557. The molecule has 6 nitrogen and oxygen atoms in total. The van der Waals surface area contributed by atoms with Crippen LogP contribution in [-0.4, -0.2) is 32.8 Å². The van der Waals surface area contributed by atoms with Gasteiger partial charge in [-0.25, -0.2) is 4.98 Å². The zero-order valence-corrected chi connectivity index (χ0v) is 14.7. The summed E-state index contributed by atoms with van der Waals surface area (Å²) in [6.07, 6.45) is -4.70. The Labute approximate surface area is 153 Å². The van der Waals surface area contributed by atoms with Gasteiger partial charge in [0, 0.05) is 11.1 Å². The van der Waals surface area contributed by atoms with Crippen LogP contribution in [0.3, 0.4) is 0 Å². The Hall–Kier alpha value is -2.26. The molecule has 26 heavy (non-hydrogen) atoms. The fourth-order valence-electron chi connectivity index (χ4n) is 2.06. The molecule has 142 valence electrons. The van der Waals surface area contributed by atoms with Crippen molar-refractivity contribution in [3.8, 4) is 5.75 Å². The van der Waals surface area contributed by atoms with E-state index in [1.807, 2.05) is 0 Å². The van der Waals surface area contributed by atoms with Crippen molar-refractivity contribution in [2.45, 2.75) is 26.1 Å². The molecule has 0 spiro atoms. The molecule has 0 aliphatic heterocycles. The number of hydrogen-bond donors (Lipinski definition) is 4. The summed E-state index contributed by atoms with van der Waals surface area (Å²) in [4.78, 5) is 7.45. The van der Waals surface area contributed by atoms with Gasteiger partial charge in [-0.05, 0) is 24.1 Å². The fraction of sp³-hybridized carbons (Fsp3) is 0.375. The molecule has 0 radical (unpaired) electrons. The molecule has 1 aromatic heterocycles. The van der Waals surface area contributed by atoms with Gasteiger partial charge in [0.05, 0.1) is 18.3 Å². The normalized spacial score (nSPS) is 12.9. The van der Waals surface area contributed by atoms with Gasteiger partial charge in [-0.15, -0.1) is 0 Å². The molecule has 0 bridgehead atoms. The number of aromatic hydroxyl groups is 1. The van der Waals surface area contributed by atoms with Crippen molar-refractivity contribution in [1.29, 1.82) is 0 Å². The predicted octanol–water partition coefficient (Wildman–Crippen LogP) is 4.03. The molecule has 4 N–H and O–H groups in total. The van der Waals surface area contributed by atoms with Gasteiger partial charge in [0.25, 0.3) is 0 Å². The number of anilines is 3. The van der Waals surface area contributed by atoms with Crippen molar-refractivity contribution in [2.24, 2.45) is 5.92 Å². The Kier molecular flexibility index (Phi) is 6.14. The maximum atomic E-state index is 13.1. The number of aliphatic hydroxyl groups is 1. The van der Waals surface area contributed by atoms with Gasteiger partial charge in [0.15, 0.2) is 5.69 Å². The largest absolute Gasteiger partial charge is 0.506 e.